The van der Waals surface area contributed by atoms with E-state index < -0.39 is 0 Å². The van der Waals surface area contributed by atoms with Crippen molar-refractivity contribution in [2.75, 3.05) is 0 Å². The number of fused-ring (bicyclic) bond motifs is 1. The Kier molecular flexibility index (Phi) is 3.55. The second kappa shape index (κ2) is 5.08. The molecule has 0 amide bonds. The van der Waals surface area contributed by atoms with Crippen molar-refractivity contribution >= 4 is 17.2 Å². The lowest BCUT2D eigenvalue weighted by molar-refractivity contribution is 0.321. The Morgan fingerprint density at radius 2 is 1.80 bits per heavy atom. The van der Waals surface area contributed by atoms with Gasteiger partial charge in [-0.25, -0.2) is 10.8 Å². The van der Waals surface area contributed by atoms with Crippen molar-refractivity contribution in [3.63, 3.8) is 0 Å². The van der Waals surface area contributed by atoms with Crippen molar-refractivity contribution in [1.82, 2.24) is 14.6 Å². The second-order valence-electron chi connectivity index (χ2n) is 6.01. The van der Waals surface area contributed by atoms with Crippen LogP contribution in [-0.2, 0) is 0 Å². The molecule has 110 valence electrons. The number of nitrogens with two attached hydrogens (primary N) is 1. The van der Waals surface area contributed by atoms with Gasteiger partial charge in [0.25, 0.3) is 0 Å². The molecule has 2 heterocycles. The molecular weight excluding hydrogens is 272 g/mol. The van der Waals surface area contributed by atoms with E-state index in [2.05, 4.69) is 18.4 Å². The largest absolute Gasteiger partial charge is 0.325 e. The van der Waals surface area contributed by atoms with Crippen LogP contribution in [0.1, 0.15) is 74.7 Å². The number of hydrogen-bond acceptors (Lipinski definition) is 3. The Balaban J connectivity index is 2.13. The van der Waals surface area contributed by atoms with Crippen LogP contribution in [0, 0.1) is 6.92 Å². The summed E-state index contributed by atoms with van der Waals surface area (Å²) in [5, 5.41) is 1.62. The van der Waals surface area contributed by atoms with E-state index in [-0.39, 0.29) is 5.50 Å². The minimum Gasteiger partial charge on any atom is -0.325 e. The van der Waals surface area contributed by atoms with Crippen molar-refractivity contribution in [2.45, 2.75) is 64.4 Å². The molecule has 2 aliphatic rings. The fourth-order valence-electron chi connectivity index (χ4n) is 3.56. The van der Waals surface area contributed by atoms with Crippen molar-refractivity contribution in [3.8, 4) is 0 Å². The predicted octanol–water partition coefficient (Wildman–Crippen LogP) is 3.87. The minimum atomic E-state index is -0.364. The molecule has 1 aliphatic heterocycles. The van der Waals surface area contributed by atoms with Crippen LogP contribution in [0.15, 0.2) is 5.70 Å². The topological polar surface area (TPSA) is 47.1 Å². The molecule has 20 heavy (non-hydrogen) atoms. The normalized spacial score (nSPS) is 24.2. The lowest BCUT2D eigenvalue weighted by Gasteiger charge is -2.33. The van der Waals surface area contributed by atoms with Gasteiger partial charge in [-0.15, -0.1) is 0 Å². The molecule has 0 radical (unpaired) electrons. The molecule has 1 saturated carbocycles. The van der Waals surface area contributed by atoms with Gasteiger partial charge in [0.15, 0.2) is 5.50 Å². The molecule has 0 spiro atoms. The zero-order valence-electron chi connectivity index (χ0n) is 12.5. The first kappa shape index (κ1) is 14.0. The lowest BCUT2D eigenvalue weighted by atomic mass is 9.94. The van der Waals surface area contributed by atoms with Crippen molar-refractivity contribution in [3.05, 3.63) is 22.9 Å². The number of hydrogen-bond donors (Lipinski definition) is 1. The van der Waals surface area contributed by atoms with Gasteiger partial charge in [-0.1, -0.05) is 30.9 Å². The fourth-order valence-corrected chi connectivity index (χ4v) is 3.86. The number of allylic oxidation sites excluding steroid dienone is 2. The Morgan fingerprint density at radius 3 is 2.45 bits per heavy atom. The van der Waals surface area contributed by atoms with E-state index >= 15 is 0 Å². The molecule has 3 rings (SSSR count). The van der Waals surface area contributed by atoms with Crippen LogP contribution in [0.25, 0.3) is 5.57 Å². The van der Waals surface area contributed by atoms with E-state index in [1.165, 1.54) is 43.4 Å². The van der Waals surface area contributed by atoms with Crippen LogP contribution in [0.3, 0.4) is 0 Å². The molecule has 0 saturated heterocycles. The van der Waals surface area contributed by atoms with Crippen molar-refractivity contribution in [2.24, 2.45) is 5.84 Å². The molecule has 1 aromatic heterocycles. The van der Waals surface area contributed by atoms with Gasteiger partial charge in [-0.3, -0.25) is 5.01 Å². The summed E-state index contributed by atoms with van der Waals surface area (Å²) in [4.78, 5) is 4.72. The number of rotatable bonds is 1. The molecule has 2 N–H and O–H groups in total. The minimum absolute atomic E-state index is 0.364. The number of aryl methyl sites for hydroxylation is 1. The number of imidazole rings is 1. The molecule has 1 unspecified atom stereocenters. The molecule has 0 aromatic carbocycles. The Hall–Kier alpha value is -1.00. The third-order valence-electron chi connectivity index (χ3n) is 4.81. The van der Waals surface area contributed by atoms with Crippen molar-refractivity contribution < 1.29 is 0 Å². The van der Waals surface area contributed by atoms with E-state index in [0.29, 0.717) is 6.04 Å². The number of alkyl halides is 1. The summed E-state index contributed by atoms with van der Waals surface area (Å²) in [5.41, 5.74) is 3.99. The number of nitrogens with zero attached hydrogens (tertiary/aromatic N) is 3. The van der Waals surface area contributed by atoms with Crippen LogP contribution in [0.4, 0.5) is 0 Å². The summed E-state index contributed by atoms with van der Waals surface area (Å²) < 4.78 is 2.41. The smallest absolute Gasteiger partial charge is 0.162 e. The highest BCUT2D eigenvalue weighted by Crippen LogP contribution is 2.42. The summed E-state index contributed by atoms with van der Waals surface area (Å²) in [7, 11) is 0. The third-order valence-corrected chi connectivity index (χ3v) is 5.23. The predicted molar refractivity (Wildman–Crippen MR) is 82.0 cm³/mol. The van der Waals surface area contributed by atoms with Gasteiger partial charge in [0.05, 0.1) is 5.69 Å². The lowest BCUT2D eigenvalue weighted by Crippen LogP contribution is -2.35. The summed E-state index contributed by atoms with van der Waals surface area (Å²) in [6.07, 6.45) is 6.47. The van der Waals surface area contributed by atoms with Gasteiger partial charge >= 0.3 is 0 Å². The average Bonchev–Trinajstić information content (AvgIpc) is 2.81. The van der Waals surface area contributed by atoms with Crippen LogP contribution >= 0.6 is 11.6 Å². The Bertz CT molecular complexity index is 554. The maximum Gasteiger partial charge on any atom is 0.162 e. The van der Waals surface area contributed by atoms with Gasteiger partial charge in [-0.2, -0.15) is 0 Å². The van der Waals surface area contributed by atoms with Gasteiger partial charge in [0.2, 0.25) is 0 Å². The van der Waals surface area contributed by atoms with Crippen LogP contribution < -0.4 is 5.84 Å². The van der Waals surface area contributed by atoms with Gasteiger partial charge < -0.3 is 4.57 Å². The number of halogens is 1. The summed E-state index contributed by atoms with van der Waals surface area (Å²) in [6, 6.07) is 0.566. The SMILES string of the molecule is CC1=C(C)N(N)C(Cl)c2nc(C)n(C3CCCCC3)c21. The molecule has 0 bridgehead atoms. The van der Waals surface area contributed by atoms with Gasteiger partial charge in [-0.05, 0) is 39.2 Å². The maximum absolute atomic E-state index is 6.47. The first-order valence-electron chi connectivity index (χ1n) is 7.47. The molecule has 1 atom stereocenters. The first-order valence-corrected chi connectivity index (χ1v) is 7.90. The zero-order chi connectivity index (χ0) is 14.4. The molecule has 1 fully saturated rings. The fraction of sp³-hybridized carbons (Fsp3) is 0.667. The van der Waals surface area contributed by atoms with E-state index in [1.807, 2.05) is 6.92 Å². The zero-order valence-corrected chi connectivity index (χ0v) is 13.2. The number of aromatic nitrogens is 2. The molecule has 5 heteroatoms. The third kappa shape index (κ3) is 1.97. The summed E-state index contributed by atoms with van der Waals surface area (Å²) >= 11 is 6.47. The van der Waals surface area contributed by atoms with Crippen LogP contribution in [0.2, 0.25) is 0 Å². The molecular formula is C15H23ClN4. The van der Waals surface area contributed by atoms with Crippen molar-refractivity contribution in [1.29, 1.82) is 0 Å². The highest BCUT2D eigenvalue weighted by Gasteiger charge is 2.33. The maximum atomic E-state index is 6.47. The monoisotopic (exact) mass is 294 g/mol. The van der Waals surface area contributed by atoms with Gasteiger partial charge in [0.1, 0.15) is 11.5 Å². The molecule has 1 aromatic rings. The first-order chi connectivity index (χ1) is 9.52. The second-order valence-corrected chi connectivity index (χ2v) is 6.42. The highest BCUT2D eigenvalue weighted by molar-refractivity contribution is 6.21. The van der Waals surface area contributed by atoms with E-state index in [9.17, 15) is 0 Å². The standard InChI is InChI=1S/C15H23ClN4/c1-9-10(2)20(17)15(16)13-14(9)19(11(3)18-13)12-7-5-4-6-8-12/h12,15H,4-8,17H2,1-3H3. The van der Waals surface area contributed by atoms with E-state index in [0.717, 1.165) is 17.2 Å². The highest BCUT2D eigenvalue weighted by atomic mass is 35.5. The van der Waals surface area contributed by atoms with Crippen LogP contribution in [0.5, 0.6) is 0 Å². The van der Waals surface area contributed by atoms with E-state index in [1.54, 1.807) is 5.01 Å². The average molecular weight is 295 g/mol. The van der Waals surface area contributed by atoms with E-state index in [4.69, 9.17) is 22.4 Å². The quantitative estimate of drug-likeness (QED) is 0.486. The molecule has 1 aliphatic carbocycles. The van der Waals surface area contributed by atoms with Gasteiger partial charge in [0, 0.05) is 11.7 Å². The number of hydrazine groups is 1. The van der Waals surface area contributed by atoms with Crippen LogP contribution in [-0.4, -0.2) is 14.6 Å². The summed E-state index contributed by atoms with van der Waals surface area (Å²) in [6.45, 7) is 6.23. The summed E-state index contributed by atoms with van der Waals surface area (Å²) in [5.74, 6) is 7.12. The Labute approximate surface area is 125 Å². The molecule has 4 nitrogen and oxygen atoms in total. The Morgan fingerprint density at radius 1 is 1.15 bits per heavy atom.